The van der Waals surface area contributed by atoms with E-state index in [0.717, 1.165) is 52.4 Å². The Labute approximate surface area is 106 Å². The molecule has 1 saturated heterocycles. The van der Waals surface area contributed by atoms with Gasteiger partial charge in [0.1, 0.15) is 0 Å². The van der Waals surface area contributed by atoms with Crippen LogP contribution in [0.5, 0.6) is 0 Å². The fraction of sp³-hybridized carbons (Fsp3) is 1.00. The van der Waals surface area contributed by atoms with Crippen molar-refractivity contribution in [2.45, 2.75) is 19.8 Å². The Bertz CT molecular complexity index is 203. The fourth-order valence-corrected chi connectivity index (χ4v) is 2.43. The van der Waals surface area contributed by atoms with Crippen LogP contribution in [0.4, 0.5) is 0 Å². The van der Waals surface area contributed by atoms with Gasteiger partial charge < -0.3 is 20.3 Å². The zero-order chi connectivity index (χ0) is 12.7. The van der Waals surface area contributed by atoms with Crippen molar-refractivity contribution in [3.05, 3.63) is 0 Å². The van der Waals surface area contributed by atoms with Crippen LogP contribution < -0.4 is 5.73 Å². The van der Waals surface area contributed by atoms with E-state index in [9.17, 15) is 0 Å². The van der Waals surface area contributed by atoms with Crippen LogP contribution in [0.1, 0.15) is 19.8 Å². The maximum absolute atomic E-state index is 5.93. The third-order valence-corrected chi connectivity index (χ3v) is 3.70. The molecule has 4 heteroatoms. The van der Waals surface area contributed by atoms with E-state index in [-0.39, 0.29) is 5.41 Å². The summed E-state index contributed by atoms with van der Waals surface area (Å²) < 4.78 is 5.52. The standard InChI is InChI=1S/C13H29N3O/c1-4-16(8-5-7-15(2)3)11-13(10-14)6-9-17-12-13/h4-12,14H2,1-3H3. The van der Waals surface area contributed by atoms with Crippen molar-refractivity contribution in [1.29, 1.82) is 0 Å². The zero-order valence-corrected chi connectivity index (χ0v) is 11.7. The second-order valence-electron chi connectivity index (χ2n) is 5.53. The van der Waals surface area contributed by atoms with E-state index >= 15 is 0 Å². The van der Waals surface area contributed by atoms with Gasteiger partial charge in [0.05, 0.1) is 6.61 Å². The summed E-state index contributed by atoms with van der Waals surface area (Å²) in [6, 6.07) is 0. The van der Waals surface area contributed by atoms with E-state index in [1.165, 1.54) is 6.42 Å². The van der Waals surface area contributed by atoms with Crippen molar-refractivity contribution < 1.29 is 4.74 Å². The van der Waals surface area contributed by atoms with Crippen molar-refractivity contribution >= 4 is 0 Å². The van der Waals surface area contributed by atoms with Gasteiger partial charge in [-0.15, -0.1) is 0 Å². The summed E-state index contributed by atoms with van der Waals surface area (Å²) in [5, 5.41) is 0. The summed E-state index contributed by atoms with van der Waals surface area (Å²) in [7, 11) is 4.25. The summed E-state index contributed by atoms with van der Waals surface area (Å²) in [5.74, 6) is 0. The van der Waals surface area contributed by atoms with Gasteiger partial charge in [-0.2, -0.15) is 0 Å². The number of nitrogens with two attached hydrogens (primary N) is 1. The Kier molecular flexibility index (Phi) is 6.41. The largest absolute Gasteiger partial charge is 0.381 e. The minimum Gasteiger partial charge on any atom is -0.381 e. The lowest BCUT2D eigenvalue weighted by atomic mass is 9.87. The van der Waals surface area contributed by atoms with Crippen LogP contribution in [0.2, 0.25) is 0 Å². The van der Waals surface area contributed by atoms with E-state index in [1.54, 1.807) is 0 Å². The number of hydrogen-bond donors (Lipinski definition) is 1. The van der Waals surface area contributed by atoms with Gasteiger partial charge in [0.15, 0.2) is 0 Å². The molecule has 1 atom stereocenters. The Hall–Kier alpha value is -0.160. The first-order chi connectivity index (χ1) is 8.12. The van der Waals surface area contributed by atoms with Crippen LogP contribution in [0.25, 0.3) is 0 Å². The highest BCUT2D eigenvalue weighted by Crippen LogP contribution is 2.28. The van der Waals surface area contributed by atoms with Crippen molar-refractivity contribution in [1.82, 2.24) is 9.80 Å². The summed E-state index contributed by atoms with van der Waals surface area (Å²) >= 11 is 0. The van der Waals surface area contributed by atoms with E-state index in [4.69, 9.17) is 10.5 Å². The molecule has 1 aliphatic heterocycles. The molecular formula is C13H29N3O. The van der Waals surface area contributed by atoms with Gasteiger partial charge in [-0.05, 0) is 46.6 Å². The smallest absolute Gasteiger partial charge is 0.0547 e. The van der Waals surface area contributed by atoms with Crippen molar-refractivity contribution in [3.63, 3.8) is 0 Å². The second kappa shape index (κ2) is 7.31. The maximum atomic E-state index is 5.93. The number of hydrogen-bond acceptors (Lipinski definition) is 4. The summed E-state index contributed by atoms with van der Waals surface area (Å²) in [5.41, 5.74) is 6.15. The third-order valence-electron chi connectivity index (χ3n) is 3.70. The quantitative estimate of drug-likeness (QED) is 0.679. The number of nitrogens with zero attached hydrogens (tertiary/aromatic N) is 2. The maximum Gasteiger partial charge on any atom is 0.0547 e. The molecule has 0 radical (unpaired) electrons. The van der Waals surface area contributed by atoms with Gasteiger partial charge in [0.2, 0.25) is 0 Å². The molecule has 17 heavy (non-hydrogen) atoms. The average molecular weight is 243 g/mol. The fourth-order valence-electron chi connectivity index (χ4n) is 2.43. The minimum atomic E-state index is 0.216. The van der Waals surface area contributed by atoms with Crippen molar-refractivity contribution in [2.24, 2.45) is 11.1 Å². The molecule has 1 fully saturated rings. The first-order valence-electron chi connectivity index (χ1n) is 6.77. The highest BCUT2D eigenvalue weighted by atomic mass is 16.5. The first-order valence-corrected chi connectivity index (χ1v) is 6.77. The number of ether oxygens (including phenoxy) is 1. The Morgan fingerprint density at radius 2 is 2.06 bits per heavy atom. The van der Waals surface area contributed by atoms with Crippen LogP contribution in [0.15, 0.2) is 0 Å². The van der Waals surface area contributed by atoms with Crippen molar-refractivity contribution in [2.75, 3.05) is 60.0 Å². The van der Waals surface area contributed by atoms with E-state index < -0.39 is 0 Å². The van der Waals surface area contributed by atoms with Crippen molar-refractivity contribution in [3.8, 4) is 0 Å². The lowest BCUT2D eigenvalue weighted by molar-refractivity contribution is 0.115. The topological polar surface area (TPSA) is 41.7 Å². The molecule has 0 aromatic carbocycles. The Balaban J connectivity index is 2.34. The summed E-state index contributed by atoms with van der Waals surface area (Å²) in [6.07, 6.45) is 2.34. The molecule has 0 amide bonds. The van der Waals surface area contributed by atoms with E-state index in [2.05, 4.69) is 30.8 Å². The summed E-state index contributed by atoms with van der Waals surface area (Å²) in [4.78, 5) is 4.76. The van der Waals surface area contributed by atoms with Crippen LogP contribution in [-0.4, -0.2) is 69.8 Å². The lowest BCUT2D eigenvalue weighted by Gasteiger charge is -2.33. The highest BCUT2D eigenvalue weighted by molar-refractivity contribution is 4.87. The van der Waals surface area contributed by atoms with Crippen LogP contribution in [0, 0.1) is 5.41 Å². The van der Waals surface area contributed by atoms with Gasteiger partial charge in [-0.1, -0.05) is 6.92 Å². The Morgan fingerprint density at radius 3 is 2.53 bits per heavy atom. The molecule has 2 N–H and O–H groups in total. The number of rotatable bonds is 8. The second-order valence-corrected chi connectivity index (χ2v) is 5.53. The van der Waals surface area contributed by atoms with Crippen LogP contribution in [-0.2, 0) is 4.74 Å². The van der Waals surface area contributed by atoms with Crippen LogP contribution >= 0.6 is 0 Å². The average Bonchev–Trinajstić information content (AvgIpc) is 2.76. The first kappa shape index (κ1) is 14.9. The highest BCUT2D eigenvalue weighted by Gasteiger charge is 2.34. The molecule has 4 nitrogen and oxygen atoms in total. The molecular weight excluding hydrogens is 214 g/mol. The molecule has 102 valence electrons. The Morgan fingerprint density at radius 1 is 1.29 bits per heavy atom. The molecule has 1 heterocycles. The van der Waals surface area contributed by atoms with Gasteiger partial charge in [0, 0.05) is 25.1 Å². The molecule has 0 saturated carbocycles. The van der Waals surface area contributed by atoms with Gasteiger partial charge in [-0.25, -0.2) is 0 Å². The molecule has 0 aromatic heterocycles. The molecule has 0 aliphatic carbocycles. The van der Waals surface area contributed by atoms with Crippen LogP contribution in [0.3, 0.4) is 0 Å². The zero-order valence-electron chi connectivity index (χ0n) is 11.7. The monoisotopic (exact) mass is 243 g/mol. The molecule has 0 bridgehead atoms. The minimum absolute atomic E-state index is 0.216. The SMILES string of the molecule is CCN(CCCN(C)C)CC1(CN)CCOC1. The molecule has 1 aliphatic rings. The summed E-state index contributed by atoms with van der Waals surface area (Å²) in [6.45, 7) is 9.22. The molecule has 1 unspecified atom stereocenters. The molecule has 0 spiro atoms. The molecule has 1 rings (SSSR count). The predicted octanol–water partition coefficient (Wildman–Crippen LogP) is 0.625. The van der Waals surface area contributed by atoms with E-state index in [0.29, 0.717) is 0 Å². The van der Waals surface area contributed by atoms with Gasteiger partial charge in [-0.3, -0.25) is 0 Å². The van der Waals surface area contributed by atoms with Gasteiger partial charge >= 0.3 is 0 Å². The lowest BCUT2D eigenvalue weighted by Crippen LogP contribution is -2.43. The molecule has 0 aromatic rings. The third kappa shape index (κ3) is 4.92. The normalized spacial score (nSPS) is 25.1. The predicted molar refractivity (Wildman–Crippen MR) is 72.2 cm³/mol. The van der Waals surface area contributed by atoms with Gasteiger partial charge in [0.25, 0.3) is 0 Å². The van der Waals surface area contributed by atoms with E-state index in [1.807, 2.05) is 0 Å².